The fraction of sp³-hybridized carbons (Fsp3) is 0.500. The molecule has 3 heterocycles. The first-order valence-corrected chi connectivity index (χ1v) is 7.65. The molecule has 0 aliphatic carbocycles. The number of aromatic nitrogens is 2. The lowest BCUT2D eigenvalue weighted by Gasteiger charge is -2.14. The van der Waals surface area contributed by atoms with Crippen LogP contribution < -0.4 is 0 Å². The van der Waals surface area contributed by atoms with Gasteiger partial charge in [0.1, 0.15) is 0 Å². The maximum Gasteiger partial charge on any atom is 0.232 e. The third-order valence-corrected chi connectivity index (χ3v) is 4.33. The van der Waals surface area contributed by atoms with Crippen LogP contribution in [-0.4, -0.2) is 27.5 Å². The van der Waals surface area contributed by atoms with E-state index in [1.165, 1.54) is 4.88 Å². The molecule has 2 aromatic rings. The van der Waals surface area contributed by atoms with Crippen molar-refractivity contribution < 1.29 is 9.32 Å². The van der Waals surface area contributed by atoms with Crippen molar-refractivity contribution in [3.8, 4) is 0 Å². The van der Waals surface area contributed by atoms with Crippen molar-refractivity contribution in [2.24, 2.45) is 0 Å². The maximum atomic E-state index is 12.1. The predicted octanol–water partition coefficient (Wildman–Crippen LogP) is 2.77. The lowest BCUT2D eigenvalue weighted by Crippen LogP contribution is -2.23. The Balaban J connectivity index is 1.69. The Kier molecular flexibility index (Phi) is 3.56. The van der Waals surface area contributed by atoms with E-state index in [0.29, 0.717) is 31.2 Å². The van der Waals surface area contributed by atoms with Gasteiger partial charge in [-0.1, -0.05) is 25.1 Å². The summed E-state index contributed by atoms with van der Waals surface area (Å²) < 4.78 is 5.30. The Bertz CT molecular complexity index is 591. The van der Waals surface area contributed by atoms with E-state index >= 15 is 0 Å². The number of nitrogens with zero attached hydrogens (tertiary/aromatic N) is 3. The van der Waals surface area contributed by atoms with Gasteiger partial charge in [-0.15, -0.1) is 11.3 Å². The van der Waals surface area contributed by atoms with E-state index in [1.54, 1.807) is 11.3 Å². The molecule has 0 N–H and O–H groups in total. The summed E-state index contributed by atoms with van der Waals surface area (Å²) in [5.41, 5.74) is 0. The van der Waals surface area contributed by atoms with Gasteiger partial charge in [-0.25, -0.2) is 0 Å². The number of thiophene rings is 1. The summed E-state index contributed by atoms with van der Waals surface area (Å²) in [7, 11) is 0. The number of hydrogen-bond acceptors (Lipinski definition) is 5. The van der Waals surface area contributed by atoms with E-state index in [-0.39, 0.29) is 17.7 Å². The van der Waals surface area contributed by atoms with Crippen LogP contribution in [0.15, 0.2) is 22.0 Å². The Morgan fingerprint density at radius 1 is 1.55 bits per heavy atom. The maximum absolute atomic E-state index is 12.1. The van der Waals surface area contributed by atoms with Crippen molar-refractivity contribution in [3.05, 3.63) is 34.1 Å². The van der Waals surface area contributed by atoms with Gasteiger partial charge < -0.3 is 9.42 Å². The zero-order chi connectivity index (χ0) is 14.1. The molecule has 0 radical (unpaired) electrons. The highest BCUT2D eigenvalue weighted by molar-refractivity contribution is 7.09. The molecule has 0 bridgehead atoms. The van der Waals surface area contributed by atoms with Crippen LogP contribution in [0.4, 0.5) is 0 Å². The molecule has 5 nitrogen and oxygen atoms in total. The quantitative estimate of drug-likeness (QED) is 0.869. The molecule has 0 aromatic carbocycles. The van der Waals surface area contributed by atoms with Gasteiger partial charge in [-0.2, -0.15) is 4.98 Å². The Morgan fingerprint density at radius 3 is 3.05 bits per heavy atom. The van der Waals surface area contributed by atoms with E-state index < -0.39 is 0 Å². The fourth-order valence-corrected chi connectivity index (χ4v) is 3.05. The largest absolute Gasteiger partial charge is 0.339 e. The predicted molar refractivity (Wildman–Crippen MR) is 75.5 cm³/mol. The average Bonchev–Trinajstić information content (AvgIpc) is 3.12. The monoisotopic (exact) mass is 291 g/mol. The average molecular weight is 291 g/mol. The molecule has 1 aliphatic rings. The molecule has 0 spiro atoms. The smallest absolute Gasteiger partial charge is 0.232 e. The van der Waals surface area contributed by atoms with Gasteiger partial charge in [0.2, 0.25) is 11.8 Å². The minimum atomic E-state index is 0.0301. The third-order valence-electron chi connectivity index (χ3n) is 3.46. The van der Waals surface area contributed by atoms with Gasteiger partial charge in [0.05, 0.1) is 12.5 Å². The summed E-state index contributed by atoms with van der Waals surface area (Å²) in [6.07, 6.45) is 0.463. The number of likely N-dealkylation sites (tertiary alicyclic amines) is 1. The molecule has 0 saturated carbocycles. The van der Waals surface area contributed by atoms with Gasteiger partial charge in [0.15, 0.2) is 5.82 Å². The lowest BCUT2D eigenvalue weighted by molar-refractivity contribution is -0.128. The highest BCUT2D eigenvalue weighted by Gasteiger charge is 2.34. The molecule has 3 rings (SSSR count). The molecule has 1 atom stereocenters. The van der Waals surface area contributed by atoms with Crippen molar-refractivity contribution in [2.45, 2.75) is 38.6 Å². The van der Waals surface area contributed by atoms with Gasteiger partial charge in [0.25, 0.3) is 0 Å². The molecule has 1 fully saturated rings. The van der Waals surface area contributed by atoms with Crippen molar-refractivity contribution in [1.82, 2.24) is 15.0 Å². The van der Waals surface area contributed by atoms with Crippen LogP contribution in [0.1, 0.15) is 48.7 Å². The number of rotatable bonds is 4. The third kappa shape index (κ3) is 2.60. The summed E-state index contributed by atoms with van der Waals surface area (Å²) >= 11 is 1.67. The topological polar surface area (TPSA) is 59.2 Å². The second-order valence-electron chi connectivity index (χ2n) is 5.40. The van der Waals surface area contributed by atoms with E-state index in [1.807, 2.05) is 30.2 Å². The SMILES string of the molecule is CC(C)c1noc([C@@H]2CC(=O)N(Cc3cccs3)C2)n1. The molecule has 20 heavy (non-hydrogen) atoms. The van der Waals surface area contributed by atoms with Gasteiger partial charge in [0, 0.05) is 23.8 Å². The van der Waals surface area contributed by atoms with Gasteiger partial charge in [-0.3, -0.25) is 4.79 Å². The highest BCUT2D eigenvalue weighted by atomic mass is 32.1. The Hall–Kier alpha value is -1.69. The fourth-order valence-electron chi connectivity index (χ4n) is 2.33. The summed E-state index contributed by atoms with van der Waals surface area (Å²) in [5, 5.41) is 6.00. The van der Waals surface area contributed by atoms with Crippen molar-refractivity contribution in [1.29, 1.82) is 0 Å². The van der Waals surface area contributed by atoms with E-state index in [2.05, 4.69) is 16.2 Å². The zero-order valence-electron chi connectivity index (χ0n) is 11.6. The van der Waals surface area contributed by atoms with Crippen LogP contribution in [-0.2, 0) is 11.3 Å². The zero-order valence-corrected chi connectivity index (χ0v) is 12.4. The molecule has 0 unspecified atom stereocenters. The van der Waals surface area contributed by atoms with E-state index in [0.717, 1.165) is 0 Å². The number of hydrogen-bond donors (Lipinski definition) is 0. The second kappa shape index (κ2) is 5.36. The molecule has 2 aromatic heterocycles. The van der Waals surface area contributed by atoms with Crippen LogP contribution in [0.5, 0.6) is 0 Å². The molecule has 106 valence electrons. The minimum Gasteiger partial charge on any atom is -0.339 e. The highest BCUT2D eigenvalue weighted by Crippen LogP contribution is 2.29. The molecule has 1 saturated heterocycles. The van der Waals surface area contributed by atoms with Crippen LogP contribution in [0.3, 0.4) is 0 Å². The summed E-state index contributed by atoms with van der Waals surface area (Å²) in [4.78, 5) is 19.5. The Morgan fingerprint density at radius 2 is 2.40 bits per heavy atom. The molecular formula is C14H17N3O2S. The first-order valence-electron chi connectivity index (χ1n) is 6.77. The number of amides is 1. The Labute approximate surface area is 121 Å². The minimum absolute atomic E-state index is 0.0301. The normalized spacial score (nSPS) is 19.2. The first kappa shape index (κ1) is 13.3. The molecule has 1 amide bonds. The number of carbonyl (C=O) groups excluding carboxylic acids is 1. The lowest BCUT2D eigenvalue weighted by atomic mass is 10.1. The first-order chi connectivity index (χ1) is 9.63. The van der Waals surface area contributed by atoms with Crippen LogP contribution in [0, 0.1) is 0 Å². The molecular weight excluding hydrogens is 274 g/mol. The van der Waals surface area contributed by atoms with Crippen LogP contribution in [0.2, 0.25) is 0 Å². The van der Waals surface area contributed by atoms with E-state index in [9.17, 15) is 4.79 Å². The van der Waals surface area contributed by atoms with Crippen LogP contribution in [0.25, 0.3) is 0 Å². The van der Waals surface area contributed by atoms with E-state index in [4.69, 9.17) is 4.52 Å². The summed E-state index contributed by atoms with van der Waals surface area (Å²) in [5.74, 6) is 1.74. The number of carbonyl (C=O) groups is 1. The van der Waals surface area contributed by atoms with Crippen molar-refractivity contribution in [2.75, 3.05) is 6.54 Å². The van der Waals surface area contributed by atoms with Crippen molar-refractivity contribution >= 4 is 17.2 Å². The molecule has 1 aliphatic heterocycles. The van der Waals surface area contributed by atoms with Crippen molar-refractivity contribution in [3.63, 3.8) is 0 Å². The summed E-state index contributed by atoms with van der Waals surface area (Å²) in [6.45, 7) is 5.39. The van der Waals surface area contributed by atoms with Crippen LogP contribution >= 0.6 is 11.3 Å². The standard InChI is InChI=1S/C14H17N3O2S/c1-9(2)13-15-14(19-16-13)10-6-12(18)17(7-10)8-11-4-3-5-20-11/h3-5,9-10H,6-8H2,1-2H3/t10-/m1/s1. The van der Waals surface area contributed by atoms with Gasteiger partial charge in [-0.05, 0) is 11.4 Å². The van der Waals surface area contributed by atoms with Gasteiger partial charge >= 0.3 is 0 Å². The second-order valence-corrected chi connectivity index (χ2v) is 6.43. The molecule has 6 heteroatoms. The summed E-state index contributed by atoms with van der Waals surface area (Å²) in [6, 6.07) is 4.06.